The van der Waals surface area contributed by atoms with Gasteiger partial charge in [-0.05, 0) is 42.7 Å². The summed E-state index contributed by atoms with van der Waals surface area (Å²) in [6.45, 7) is -0.278. The van der Waals surface area contributed by atoms with Crippen LogP contribution in [-0.2, 0) is 15.0 Å². The Balaban J connectivity index is 1.43. The van der Waals surface area contributed by atoms with Crippen LogP contribution in [0, 0.1) is 0 Å². The van der Waals surface area contributed by atoms with Gasteiger partial charge in [-0.2, -0.15) is 5.10 Å². The largest absolute Gasteiger partial charge is 0.497 e. The summed E-state index contributed by atoms with van der Waals surface area (Å²) in [5.41, 5.74) is 0.490. The van der Waals surface area contributed by atoms with Gasteiger partial charge in [0.1, 0.15) is 29.3 Å². The molecule has 1 aliphatic heterocycles. The second-order valence-electron chi connectivity index (χ2n) is 9.46. The first-order chi connectivity index (χ1) is 17.2. The number of fused-ring (bicyclic) bond motifs is 1. The van der Waals surface area contributed by atoms with Gasteiger partial charge in [-0.25, -0.2) is 18.2 Å². The lowest BCUT2D eigenvalue weighted by Gasteiger charge is -2.42. The molecule has 1 saturated carbocycles. The predicted molar refractivity (Wildman–Crippen MR) is 126 cm³/mol. The Morgan fingerprint density at radius 2 is 1.83 bits per heavy atom. The zero-order valence-electron chi connectivity index (χ0n) is 19.6. The van der Waals surface area contributed by atoms with Crippen LogP contribution in [0.15, 0.2) is 42.6 Å². The lowest BCUT2D eigenvalue weighted by Crippen LogP contribution is -2.54. The number of nitrogens with one attached hydrogen (secondary N) is 2. The topological polar surface area (TPSA) is 100 Å². The standard InChI is InChI=1S/C25H26F3N5O3/c1-36-17-4-2-15(3-5-17)24(8-10-25(27,28)11-9-24)23(35)33-14-16(26)12-20(33)22(34)31-21-7-6-18-19(30-21)13-29-32-18/h2-7,13,16,20H,8-12,14H2,1H3,(H,29,32)(H,30,31,34). The number of hydrogen-bond acceptors (Lipinski definition) is 5. The fraction of sp³-hybridized carbons (Fsp3) is 0.440. The molecule has 5 rings (SSSR count). The summed E-state index contributed by atoms with van der Waals surface area (Å²) >= 11 is 0. The van der Waals surface area contributed by atoms with Gasteiger partial charge in [0.2, 0.25) is 17.7 Å². The lowest BCUT2D eigenvalue weighted by atomic mass is 9.67. The van der Waals surface area contributed by atoms with Gasteiger partial charge in [0.25, 0.3) is 0 Å². The number of H-pyrrole nitrogens is 1. The fourth-order valence-electron chi connectivity index (χ4n) is 5.22. The molecule has 36 heavy (non-hydrogen) atoms. The van der Waals surface area contributed by atoms with Gasteiger partial charge < -0.3 is 15.0 Å². The summed E-state index contributed by atoms with van der Waals surface area (Å²) < 4.78 is 48.1. The summed E-state index contributed by atoms with van der Waals surface area (Å²) in [6, 6.07) is 8.88. The maximum absolute atomic E-state index is 14.6. The van der Waals surface area contributed by atoms with E-state index in [9.17, 15) is 22.8 Å². The zero-order valence-corrected chi connectivity index (χ0v) is 19.6. The van der Waals surface area contributed by atoms with Gasteiger partial charge in [-0.1, -0.05) is 12.1 Å². The molecule has 8 nitrogen and oxygen atoms in total. The third-order valence-electron chi connectivity index (χ3n) is 7.25. The molecule has 1 aromatic carbocycles. The van der Waals surface area contributed by atoms with E-state index >= 15 is 0 Å². The van der Waals surface area contributed by atoms with E-state index in [1.54, 1.807) is 36.4 Å². The van der Waals surface area contributed by atoms with E-state index in [4.69, 9.17) is 4.74 Å². The lowest BCUT2D eigenvalue weighted by molar-refractivity contribution is -0.146. The number of ether oxygens (including phenoxy) is 1. The molecule has 2 aromatic heterocycles. The van der Waals surface area contributed by atoms with Crippen LogP contribution < -0.4 is 10.1 Å². The number of amides is 2. The number of benzene rings is 1. The van der Waals surface area contributed by atoms with Crippen molar-refractivity contribution in [2.45, 2.75) is 55.7 Å². The number of carbonyl (C=O) groups excluding carboxylic acids is 2. The summed E-state index contributed by atoms with van der Waals surface area (Å²) in [4.78, 5) is 32.7. The number of hydrogen-bond donors (Lipinski definition) is 2. The van der Waals surface area contributed by atoms with E-state index in [1.165, 1.54) is 18.2 Å². The number of carbonyl (C=O) groups is 2. The van der Waals surface area contributed by atoms with Crippen LogP contribution in [0.25, 0.3) is 11.0 Å². The van der Waals surface area contributed by atoms with Crippen LogP contribution in [0.3, 0.4) is 0 Å². The first-order valence-corrected chi connectivity index (χ1v) is 11.8. The van der Waals surface area contributed by atoms with Crippen molar-refractivity contribution in [1.82, 2.24) is 20.1 Å². The highest BCUT2D eigenvalue weighted by Crippen LogP contribution is 2.47. The molecule has 3 aromatic rings. The van der Waals surface area contributed by atoms with E-state index in [-0.39, 0.29) is 31.6 Å². The number of rotatable bonds is 5. The maximum Gasteiger partial charge on any atom is 0.248 e. The van der Waals surface area contributed by atoms with Crippen LogP contribution in [0.2, 0.25) is 0 Å². The average Bonchev–Trinajstić information content (AvgIpc) is 3.50. The smallest absolute Gasteiger partial charge is 0.248 e. The van der Waals surface area contributed by atoms with Gasteiger partial charge >= 0.3 is 0 Å². The van der Waals surface area contributed by atoms with Crippen LogP contribution in [-0.4, -0.2) is 63.7 Å². The van der Waals surface area contributed by atoms with Gasteiger partial charge in [-0.15, -0.1) is 0 Å². The van der Waals surface area contributed by atoms with Crippen molar-refractivity contribution >= 4 is 28.7 Å². The molecule has 0 spiro atoms. The van der Waals surface area contributed by atoms with Gasteiger partial charge in [-0.3, -0.25) is 14.7 Å². The van der Waals surface area contributed by atoms with Gasteiger partial charge in [0.05, 0.1) is 30.8 Å². The molecule has 2 atom stereocenters. The number of likely N-dealkylation sites (tertiary alicyclic amines) is 1. The molecule has 0 bridgehead atoms. The third kappa shape index (κ3) is 4.38. The Morgan fingerprint density at radius 1 is 1.11 bits per heavy atom. The van der Waals surface area contributed by atoms with Crippen molar-refractivity contribution in [2.75, 3.05) is 19.0 Å². The molecule has 190 valence electrons. The average molecular weight is 502 g/mol. The molecule has 2 fully saturated rings. The van der Waals surface area contributed by atoms with E-state index in [2.05, 4.69) is 20.5 Å². The quantitative estimate of drug-likeness (QED) is 0.551. The van der Waals surface area contributed by atoms with Crippen molar-refractivity contribution in [1.29, 1.82) is 0 Å². The van der Waals surface area contributed by atoms with Crippen molar-refractivity contribution in [3.05, 3.63) is 48.2 Å². The Labute approximate surface area is 205 Å². The highest BCUT2D eigenvalue weighted by Gasteiger charge is 2.53. The molecule has 3 heterocycles. The van der Waals surface area contributed by atoms with E-state index < -0.39 is 48.2 Å². The van der Waals surface area contributed by atoms with E-state index in [0.29, 0.717) is 22.3 Å². The third-order valence-corrected chi connectivity index (χ3v) is 7.25. The van der Waals surface area contributed by atoms with Crippen molar-refractivity contribution in [3.8, 4) is 5.75 Å². The van der Waals surface area contributed by atoms with Crippen LogP contribution in [0.1, 0.15) is 37.7 Å². The number of alkyl halides is 3. The van der Waals surface area contributed by atoms with Crippen molar-refractivity contribution < 1.29 is 27.5 Å². The molecule has 1 saturated heterocycles. The predicted octanol–water partition coefficient (Wildman–Crippen LogP) is 3.99. The molecule has 0 radical (unpaired) electrons. The number of methoxy groups -OCH3 is 1. The first kappa shape index (κ1) is 24.1. The minimum Gasteiger partial charge on any atom is -0.497 e. The molecule has 2 N–H and O–H groups in total. The van der Waals surface area contributed by atoms with Crippen molar-refractivity contribution in [2.24, 2.45) is 0 Å². The molecular formula is C25H26F3N5O3. The number of anilines is 1. The number of halogens is 3. The number of aromatic nitrogens is 3. The van der Waals surface area contributed by atoms with E-state index in [1.807, 2.05) is 0 Å². The minimum absolute atomic E-state index is 0.105. The molecule has 2 amide bonds. The zero-order chi connectivity index (χ0) is 25.5. The van der Waals surface area contributed by atoms with Crippen LogP contribution >= 0.6 is 0 Å². The Kier molecular flexibility index (Phi) is 6.09. The highest BCUT2D eigenvalue weighted by atomic mass is 19.3. The van der Waals surface area contributed by atoms with Crippen molar-refractivity contribution in [3.63, 3.8) is 0 Å². The molecule has 1 aliphatic carbocycles. The summed E-state index contributed by atoms with van der Waals surface area (Å²) in [7, 11) is 1.51. The SMILES string of the molecule is COc1ccc(C2(C(=O)N3CC(F)CC3C(=O)Nc3ccc4[nH]ncc4n3)CCC(F)(F)CC2)cc1. The van der Waals surface area contributed by atoms with Gasteiger partial charge in [0, 0.05) is 19.3 Å². The molecule has 2 unspecified atom stereocenters. The Morgan fingerprint density at radius 3 is 2.53 bits per heavy atom. The second kappa shape index (κ2) is 9.11. The second-order valence-corrected chi connectivity index (χ2v) is 9.46. The molecule has 11 heteroatoms. The Hall–Kier alpha value is -3.63. The molecule has 2 aliphatic rings. The van der Waals surface area contributed by atoms with Crippen LogP contribution in [0.4, 0.5) is 19.0 Å². The summed E-state index contributed by atoms with van der Waals surface area (Å²) in [5, 5.41) is 9.32. The van der Waals surface area contributed by atoms with Crippen LogP contribution in [0.5, 0.6) is 5.75 Å². The normalized spacial score (nSPS) is 22.9. The Bertz CT molecular complexity index is 1270. The monoisotopic (exact) mass is 501 g/mol. The minimum atomic E-state index is -2.88. The summed E-state index contributed by atoms with van der Waals surface area (Å²) in [5.74, 6) is -3.16. The number of nitrogens with zero attached hydrogens (tertiary/aromatic N) is 3. The maximum atomic E-state index is 14.6. The highest BCUT2D eigenvalue weighted by molar-refractivity contribution is 5.99. The first-order valence-electron chi connectivity index (χ1n) is 11.8. The number of pyridine rings is 1. The summed E-state index contributed by atoms with van der Waals surface area (Å²) in [6.07, 6.45) is -1.23. The number of aromatic amines is 1. The molecular weight excluding hydrogens is 475 g/mol. The van der Waals surface area contributed by atoms with E-state index in [0.717, 1.165) is 0 Å². The fourth-order valence-corrected chi connectivity index (χ4v) is 5.22. The van der Waals surface area contributed by atoms with Gasteiger partial charge in [0.15, 0.2) is 0 Å².